The van der Waals surface area contributed by atoms with Crippen LogP contribution in [-0.2, 0) is 0 Å². The van der Waals surface area contributed by atoms with Gasteiger partial charge in [0, 0.05) is 18.7 Å². The van der Waals surface area contributed by atoms with Crippen molar-refractivity contribution in [1.82, 2.24) is 0 Å². The number of ether oxygens (including phenoxy) is 1. The lowest BCUT2D eigenvalue weighted by Gasteiger charge is -2.18. The molecule has 0 heterocycles. The molecular weight excluding hydrogens is 243 g/mol. The van der Waals surface area contributed by atoms with Gasteiger partial charge in [0.25, 0.3) is 0 Å². The van der Waals surface area contributed by atoms with Gasteiger partial charge in [-0.2, -0.15) is 0 Å². The first kappa shape index (κ1) is 14.0. The van der Waals surface area contributed by atoms with E-state index in [0.29, 0.717) is 17.7 Å². The summed E-state index contributed by atoms with van der Waals surface area (Å²) in [5.74, 6) is -0.140. The van der Waals surface area contributed by atoms with Crippen molar-refractivity contribution in [2.24, 2.45) is 5.41 Å². The summed E-state index contributed by atoms with van der Waals surface area (Å²) in [5, 5.41) is 3.35. The summed E-state index contributed by atoms with van der Waals surface area (Å²) in [6.45, 7) is 5.39. The Morgan fingerprint density at radius 2 is 2.11 bits per heavy atom. The predicted molar refractivity (Wildman–Crippen MR) is 77.0 cm³/mol. The maximum atomic E-state index is 13.6. The average molecular weight is 266 g/mol. The van der Waals surface area contributed by atoms with Gasteiger partial charge in [0.2, 0.25) is 0 Å². The van der Waals surface area contributed by atoms with Crippen LogP contribution in [-0.4, -0.2) is 13.2 Å². The first-order valence-electron chi connectivity index (χ1n) is 7.06. The lowest BCUT2D eigenvalue weighted by molar-refractivity contribution is 0.322. The number of nitrogen functional groups attached to an aromatic ring is 1. The molecule has 106 valence electrons. The summed E-state index contributed by atoms with van der Waals surface area (Å²) in [6, 6.07) is 2.99. The highest BCUT2D eigenvalue weighted by Gasteiger charge is 2.41. The van der Waals surface area contributed by atoms with Crippen LogP contribution in [0.1, 0.15) is 39.5 Å². The van der Waals surface area contributed by atoms with Crippen LogP contribution in [0.4, 0.5) is 15.8 Å². The molecule has 0 spiro atoms. The first-order chi connectivity index (χ1) is 9.10. The predicted octanol–water partition coefficient (Wildman–Crippen LogP) is 3.80. The van der Waals surface area contributed by atoms with Gasteiger partial charge in [0.15, 0.2) is 11.6 Å². The largest absolute Gasteiger partial charge is 0.491 e. The second kappa shape index (κ2) is 5.68. The molecule has 0 atom stereocenters. The van der Waals surface area contributed by atoms with E-state index in [9.17, 15) is 4.39 Å². The molecule has 0 amide bonds. The first-order valence-corrected chi connectivity index (χ1v) is 7.06. The standard InChI is InChI=1S/C15H23FN2O/c1-3-5-15(6-7-15)10-18-13-9-14(19-4-2)11(16)8-12(13)17/h8-9,18H,3-7,10,17H2,1-2H3. The number of rotatable bonds is 7. The topological polar surface area (TPSA) is 47.3 Å². The van der Waals surface area contributed by atoms with Crippen LogP contribution < -0.4 is 15.8 Å². The minimum Gasteiger partial charge on any atom is -0.491 e. The van der Waals surface area contributed by atoms with Gasteiger partial charge in [0.05, 0.1) is 18.0 Å². The normalized spacial score (nSPS) is 16.2. The fraction of sp³-hybridized carbons (Fsp3) is 0.600. The highest BCUT2D eigenvalue weighted by atomic mass is 19.1. The van der Waals surface area contributed by atoms with Crippen LogP contribution in [0.2, 0.25) is 0 Å². The van der Waals surface area contributed by atoms with E-state index in [1.165, 1.54) is 31.7 Å². The Hall–Kier alpha value is -1.45. The SMILES string of the molecule is CCCC1(CNc2cc(OCC)c(F)cc2N)CC1. The zero-order valence-electron chi connectivity index (χ0n) is 11.8. The molecule has 0 aliphatic heterocycles. The molecule has 0 aromatic heterocycles. The Kier molecular flexibility index (Phi) is 4.17. The molecule has 1 aromatic carbocycles. The van der Waals surface area contributed by atoms with Gasteiger partial charge in [0.1, 0.15) is 0 Å². The van der Waals surface area contributed by atoms with Gasteiger partial charge in [-0.15, -0.1) is 0 Å². The van der Waals surface area contributed by atoms with Crippen molar-refractivity contribution in [2.75, 3.05) is 24.2 Å². The van der Waals surface area contributed by atoms with Crippen molar-refractivity contribution in [2.45, 2.75) is 39.5 Å². The molecule has 4 heteroatoms. The van der Waals surface area contributed by atoms with E-state index in [-0.39, 0.29) is 5.75 Å². The molecule has 1 aliphatic carbocycles. The molecule has 1 saturated carbocycles. The smallest absolute Gasteiger partial charge is 0.167 e. The summed E-state index contributed by atoms with van der Waals surface area (Å²) < 4.78 is 18.8. The highest BCUT2D eigenvalue weighted by molar-refractivity contribution is 5.68. The third-order valence-electron chi connectivity index (χ3n) is 3.80. The lowest BCUT2D eigenvalue weighted by Crippen LogP contribution is -2.16. The van der Waals surface area contributed by atoms with E-state index in [2.05, 4.69) is 12.2 Å². The van der Waals surface area contributed by atoms with Gasteiger partial charge in [-0.1, -0.05) is 13.3 Å². The van der Waals surface area contributed by atoms with Gasteiger partial charge in [-0.25, -0.2) is 4.39 Å². The third-order valence-corrected chi connectivity index (χ3v) is 3.80. The fourth-order valence-corrected chi connectivity index (χ4v) is 2.49. The number of anilines is 2. The van der Waals surface area contributed by atoms with E-state index in [1.807, 2.05) is 6.92 Å². The Morgan fingerprint density at radius 1 is 1.37 bits per heavy atom. The summed E-state index contributed by atoms with van der Waals surface area (Å²) in [7, 11) is 0. The van der Waals surface area contributed by atoms with E-state index >= 15 is 0 Å². The fourth-order valence-electron chi connectivity index (χ4n) is 2.49. The van der Waals surface area contributed by atoms with E-state index < -0.39 is 5.82 Å². The lowest BCUT2D eigenvalue weighted by atomic mass is 10.0. The molecule has 1 aromatic rings. The summed E-state index contributed by atoms with van der Waals surface area (Å²) in [6.07, 6.45) is 4.98. The minimum absolute atomic E-state index is 0.263. The number of nitrogens with two attached hydrogens (primary N) is 1. The molecule has 1 fully saturated rings. The number of hydrogen-bond acceptors (Lipinski definition) is 3. The van der Waals surface area contributed by atoms with Gasteiger partial charge < -0.3 is 15.8 Å². The molecule has 19 heavy (non-hydrogen) atoms. The van der Waals surface area contributed by atoms with Crippen LogP contribution in [0, 0.1) is 11.2 Å². The van der Waals surface area contributed by atoms with Gasteiger partial charge in [-0.05, 0) is 31.6 Å². The second-order valence-corrected chi connectivity index (χ2v) is 5.41. The Labute approximate surface area is 114 Å². The van der Waals surface area contributed by atoms with Crippen LogP contribution in [0.5, 0.6) is 5.75 Å². The number of benzene rings is 1. The second-order valence-electron chi connectivity index (χ2n) is 5.41. The monoisotopic (exact) mass is 266 g/mol. The average Bonchev–Trinajstić information content (AvgIpc) is 3.12. The molecule has 0 saturated heterocycles. The molecule has 2 rings (SSSR count). The molecule has 0 radical (unpaired) electrons. The molecule has 0 bridgehead atoms. The van der Waals surface area contributed by atoms with Crippen molar-refractivity contribution < 1.29 is 9.13 Å². The molecule has 0 unspecified atom stereocenters. The Balaban J connectivity index is 2.05. The molecular formula is C15H23FN2O. The number of hydrogen-bond donors (Lipinski definition) is 2. The highest BCUT2D eigenvalue weighted by Crippen LogP contribution is 2.49. The molecule has 1 aliphatic rings. The van der Waals surface area contributed by atoms with Crippen molar-refractivity contribution >= 4 is 11.4 Å². The quantitative estimate of drug-likeness (QED) is 0.738. The zero-order chi connectivity index (χ0) is 13.9. The van der Waals surface area contributed by atoms with Crippen LogP contribution >= 0.6 is 0 Å². The maximum absolute atomic E-state index is 13.6. The van der Waals surface area contributed by atoms with E-state index in [4.69, 9.17) is 10.5 Å². The van der Waals surface area contributed by atoms with Crippen molar-refractivity contribution in [3.05, 3.63) is 17.9 Å². The maximum Gasteiger partial charge on any atom is 0.167 e. The van der Waals surface area contributed by atoms with E-state index in [1.54, 1.807) is 6.07 Å². The van der Waals surface area contributed by atoms with E-state index in [0.717, 1.165) is 12.2 Å². The van der Waals surface area contributed by atoms with Crippen LogP contribution in [0.15, 0.2) is 12.1 Å². The summed E-state index contributed by atoms with van der Waals surface area (Å²) in [5.41, 5.74) is 7.49. The Bertz CT molecular complexity index is 444. The van der Waals surface area contributed by atoms with Crippen LogP contribution in [0.25, 0.3) is 0 Å². The third kappa shape index (κ3) is 3.31. The van der Waals surface area contributed by atoms with Gasteiger partial charge in [-0.3, -0.25) is 0 Å². The molecule has 3 nitrogen and oxygen atoms in total. The van der Waals surface area contributed by atoms with Crippen molar-refractivity contribution in [3.8, 4) is 5.75 Å². The van der Waals surface area contributed by atoms with Gasteiger partial charge >= 0.3 is 0 Å². The number of halogens is 1. The number of nitrogens with one attached hydrogen (secondary N) is 1. The zero-order valence-corrected chi connectivity index (χ0v) is 11.8. The minimum atomic E-state index is -0.403. The van der Waals surface area contributed by atoms with Crippen molar-refractivity contribution in [3.63, 3.8) is 0 Å². The Morgan fingerprint density at radius 3 is 2.68 bits per heavy atom. The van der Waals surface area contributed by atoms with Crippen LogP contribution in [0.3, 0.4) is 0 Å². The summed E-state index contributed by atoms with van der Waals surface area (Å²) >= 11 is 0. The molecule has 3 N–H and O–H groups in total. The summed E-state index contributed by atoms with van der Waals surface area (Å²) in [4.78, 5) is 0. The van der Waals surface area contributed by atoms with Crippen molar-refractivity contribution in [1.29, 1.82) is 0 Å².